The van der Waals surface area contributed by atoms with E-state index >= 15 is 0 Å². The van der Waals surface area contributed by atoms with Gasteiger partial charge < -0.3 is 9.15 Å². The first-order valence-corrected chi connectivity index (χ1v) is 9.85. The Balaban J connectivity index is 1.35. The Morgan fingerprint density at radius 1 is 0.933 bits per heavy atom. The maximum absolute atomic E-state index is 14.5. The second-order valence-electron chi connectivity index (χ2n) is 7.70. The number of pyridine rings is 1. The summed E-state index contributed by atoms with van der Waals surface area (Å²) in [7, 11) is 0. The Morgan fingerprint density at radius 3 is 2.17 bits per heavy atom. The van der Waals surface area contributed by atoms with E-state index in [9.17, 15) is 4.39 Å². The Labute approximate surface area is 173 Å². The molecule has 2 aromatic carbocycles. The zero-order chi connectivity index (χ0) is 20.7. The van der Waals surface area contributed by atoms with E-state index in [0.29, 0.717) is 11.6 Å². The molecule has 1 aliphatic rings. The monoisotopic (exact) mass is 401 g/mol. The molecule has 0 aliphatic heterocycles. The zero-order valence-corrected chi connectivity index (χ0v) is 16.7. The minimum atomic E-state index is -0.543. The lowest BCUT2D eigenvalue weighted by Gasteiger charge is -2.17. The van der Waals surface area contributed by atoms with Crippen molar-refractivity contribution >= 4 is 0 Å². The number of halogens is 1. The fraction of sp³-hybridized carbons (Fsp3) is 0.208. The SMILES string of the molecule is Cc1ccc(C2(c3ccc(Oc4cnc(-c5nnc(C)o5)cc4F)cc3)CC2)cc1. The summed E-state index contributed by atoms with van der Waals surface area (Å²) in [6.45, 7) is 3.76. The van der Waals surface area contributed by atoms with Crippen molar-refractivity contribution in [1.82, 2.24) is 15.2 Å². The molecule has 0 spiro atoms. The summed E-state index contributed by atoms with van der Waals surface area (Å²) in [6, 6.07) is 17.8. The van der Waals surface area contributed by atoms with E-state index in [4.69, 9.17) is 9.15 Å². The van der Waals surface area contributed by atoms with E-state index in [1.165, 1.54) is 29.0 Å². The summed E-state index contributed by atoms with van der Waals surface area (Å²) < 4.78 is 25.5. The highest BCUT2D eigenvalue weighted by atomic mass is 19.1. The van der Waals surface area contributed by atoms with Crippen LogP contribution in [0.15, 0.2) is 65.2 Å². The van der Waals surface area contributed by atoms with Gasteiger partial charge in [0.1, 0.15) is 11.4 Å². The van der Waals surface area contributed by atoms with Gasteiger partial charge >= 0.3 is 0 Å². The number of benzene rings is 2. The van der Waals surface area contributed by atoms with Crippen LogP contribution in [0.2, 0.25) is 0 Å². The molecule has 30 heavy (non-hydrogen) atoms. The van der Waals surface area contributed by atoms with Crippen LogP contribution in [0.25, 0.3) is 11.6 Å². The molecule has 0 bridgehead atoms. The quantitative estimate of drug-likeness (QED) is 0.425. The number of aromatic nitrogens is 3. The van der Waals surface area contributed by atoms with E-state index < -0.39 is 5.82 Å². The molecule has 0 saturated heterocycles. The summed E-state index contributed by atoms with van der Waals surface area (Å²) in [6.07, 6.45) is 3.59. The predicted octanol–water partition coefficient (Wildman–Crippen LogP) is 5.76. The fourth-order valence-electron chi connectivity index (χ4n) is 3.72. The standard InChI is InChI=1S/C24H20FN3O2/c1-15-3-5-17(6-4-15)24(11-12-24)18-7-9-19(10-8-18)30-22-14-26-21(13-20(22)25)23-28-27-16(2)29-23/h3-10,13-14H,11-12H2,1-2H3. The lowest BCUT2D eigenvalue weighted by atomic mass is 9.88. The Hall–Kier alpha value is -3.54. The van der Waals surface area contributed by atoms with Gasteiger partial charge in [0, 0.05) is 18.4 Å². The van der Waals surface area contributed by atoms with E-state index in [1.54, 1.807) is 6.92 Å². The van der Waals surface area contributed by atoms with Gasteiger partial charge in [-0.25, -0.2) is 9.37 Å². The van der Waals surface area contributed by atoms with Gasteiger partial charge in [-0.3, -0.25) is 0 Å². The van der Waals surface area contributed by atoms with E-state index in [0.717, 1.165) is 12.8 Å². The van der Waals surface area contributed by atoms with Crippen LogP contribution in [0.3, 0.4) is 0 Å². The van der Waals surface area contributed by atoms with Crippen molar-refractivity contribution in [3.8, 4) is 23.1 Å². The molecular weight excluding hydrogens is 381 g/mol. The van der Waals surface area contributed by atoms with Crippen LogP contribution in [0, 0.1) is 19.7 Å². The van der Waals surface area contributed by atoms with Crippen LogP contribution in [0.5, 0.6) is 11.5 Å². The number of aryl methyl sites for hydroxylation is 2. The van der Waals surface area contributed by atoms with Crippen molar-refractivity contribution in [3.05, 3.63) is 89.2 Å². The first-order valence-electron chi connectivity index (χ1n) is 9.85. The Morgan fingerprint density at radius 2 is 1.60 bits per heavy atom. The molecule has 0 radical (unpaired) electrons. The topological polar surface area (TPSA) is 61.0 Å². The van der Waals surface area contributed by atoms with E-state index in [2.05, 4.69) is 58.5 Å². The van der Waals surface area contributed by atoms with Crippen molar-refractivity contribution in [2.24, 2.45) is 0 Å². The minimum absolute atomic E-state index is 0.0439. The predicted molar refractivity (Wildman–Crippen MR) is 110 cm³/mol. The largest absolute Gasteiger partial charge is 0.453 e. The van der Waals surface area contributed by atoms with Gasteiger partial charge in [0.05, 0.1) is 6.20 Å². The maximum Gasteiger partial charge on any atom is 0.266 e. The number of rotatable bonds is 5. The van der Waals surface area contributed by atoms with Gasteiger partial charge in [0.2, 0.25) is 5.89 Å². The van der Waals surface area contributed by atoms with Crippen molar-refractivity contribution in [1.29, 1.82) is 0 Å². The highest BCUT2D eigenvalue weighted by Gasteiger charge is 2.45. The molecule has 5 rings (SSSR count). The third-order valence-electron chi connectivity index (χ3n) is 5.55. The average Bonchev–Trinajstić information content (AvgIpc) is 3.45. The summed E-state index contributed by atoms with van der Waals surface area (Å²) in [5.41, 5.74) is 4.20. The molecule has 1 saturated carbocycles. The van der Waals surface area contributed by atoms with Crippen LogP contribution in [-0.4, -0.2) is 15.2 Å². The fourth-order valence-corrected chi connectivity index (χ4v) is 3.72. The molecule has 150 valence electrons. The number of hydrogen-bond acceptors (Lipinski definition) is 5. The van der Waals surface area contributed by atoms with Crippen LogP contribution in [-0.2, 0) is 5.41 Å². The molecule has 0 atom stereocenters. The Kier molecular flexibility index (Phi) is 4.35. The Bertz CT molecular complexity index is 1200. The molecule has 4 aromatic rings. The second kappa shape index (κ2) is 7.06. The van der Waals surface area contributed by atoms with Crippen LogP contribution in [0.1, 0.15) is 35.4 Å². The van der Waals surface area contributed by atoms with Crippen LogP contribution >= 0.6 is 0 Å². The van der Waals surface area contributed by atoms with E-state index in [1.807, 2.05) is 12.1 Å². The minimum Gasteiger partial charge on any atom is -0.453 e. The second-order valence-corrected chi connectivity index (χ2v) is 7.70. The van der Waals surface area contributed by atoms with Crippen molar-refractivity contribution in [2.45, 2.75) is 32.1 Å². The third kappa shape index (κ3) is 3.34. The maximum atomic E-state index is 14.5. The van der Waals surface area contributed by atoms with Gasteiger partial charge in [-0.05, 0) is 43.0 Å². The molecular formula is C24H20FN3O2. The summed E-state index contributed by atoms with van der Waals surface area (Å²) in [5.74, 6) is 0.626. The van der Waals surface area contributed by atoms with E-state index in [-0.39, 0.29) is 22.7 Å². The summed E-state index contributed by atoms with van der Waals surface area (Å²) in [4.78, 5) is 4.17. The van der Waals surface area contributed by atoms with Gasteiger partial charge in [0.25, 0.3) is 5.89 Å². The van der Waals surface area contributed by atoms with Crippen molar-refractivity contribution < 1.29 is 13.5 Å². The summed E-state index contributed by atoms with van der Waals surface area (Å²) in [5, 5.41) is 7.58. The molecule has 0 unspecified atom stereocenters. The molecule has 0 N–H and O–H groups in total. The molecule has 5 nitrogen and oxygen atoms in total. The molecule has 2 aromatic heterocycles. The smallest absolute Gasteiger partial charge is 0.266 e. The molecule has 6 heteroatoms. The lowest BCUT2D eigenvalue weighted by molar-refractivity contribution is 0.439. The third-order valence-corrected chi connectivity index (χ3v) is 5.55. The van der Waals surface area contributed by atoms with Gasteiger partial charge in [-0.2, -0.15) is 0 Å². The van der Waals surface area contributed by atoms with Gasteiger partial charge in [0.15, 0.2) is 11.6 Å². The molecule has 2 heterocycles. The molecule has 0 amide bonds. The van der Waals surface area contributed by atoms with Gasteiger partial charge in [-0.15, -0.1) is 10.2 Å². The number of ether oxygens (including phenoxy) is 1. The van der Waals surface area contributed by atoms with Crippen molar-refractivity contribution in [3.63, 3.8) is 0 Å². The highest BCUT2D eigenvalue weighted by molar-refractivity contribution is 5.49. The van der Waals surface area contributed by atoms with Crippen LogP contribution in [0.4, 0.5) is 4.39 Å². The summed E-state index contributed by atoms with van der Waals surface area (Å²) >= 11 is 0. The molecule has 1 fully saturated rings. The normalized spacial score (nSPS) is 14.5. The number of hydrogen-bond donors (Lipinski definition) is 0. The first kappa shape index (κ1) is 18.5. The number of nitrogens with zero attached hydrogens (tertiary/aromatic N) is 3. The average molecular weight is 401 g/mol. The molecule has 1 aliphatic carbocycles. The zero-order valence-electron chi connectivity index (χ0n) is 16.7. The highest BCUT2D eigenvalue weighted by Crippen LogP contribution is 2.53. The lowest BCUT2D eigenvalue weighted by Crippen LogP contribution is -2.08. The first-order chi connectivity index (χ1) is 14.5. The van der Waals surface area contributed by atoms with Crippen LogP contribution < -0.4 is 4.74 Å². The van der Waals surface area contributed by atoms with Gasteiger partial charge in [-0.1, -0.05) is 42.0 Å². The van der Waals surface area contributed by atoms with Crippen molar-refractivity contribution in [2.75, 3.05) is 0 Å².